The number of fused-ring (bicyclic) bond motifs is 2. The fourth-order valence-electron chi connectivity index (χ4n) is 12.1. The number of anilines is 2. The molecule has 4 amide bonds. The number of piperidine rings is 2. The molecule has 1 atom stereocenters. The van der Waals surface area contributed by atoms with Gasteiger partial charge in [-0.1, -0.05) is 61.1 Å². The second-order valence-corrected chi connectivity index (χ2v) is 25.4. The number of piperazine rings is 1. The first-order chi connectivity index (χ1) is 40.4. The molecule has 0 bridgehead atoms. The minimum absolute atomic E-state index is 0.0567. The molecule has 0 radical (unpaired) electrons. The zero-order valence-corrected chi connectivity index (χ0v) is 48.6. The van der Waals surface area contributed by atoms with Crippen molar-refractivity contribution >= 4 is 78.9 Å². The van der Waals surface area contributed by atoms with Crippen LogP contribution in [0.1, 0.15) is 109 Å². The molecule has 6 heterocycles. The highest BCUT2D eigenvalue weighted by Crippen LogP contribution is 2.44. The summed E-state index contributed by atoms with van der Waals surface area (Å²) >= 11 is 6.27. The van der Waals surface area contributed by atoms with Crippen LogP contribution in [0.3, 0.4) is 0 Å². The van der Waals surface area contributed by atoms with Crippen LogP contribution in [0.25, 0.3) is 16.6 Å². The lowest BCUT2D eigenvalue weighted by atomic mass is 9.72. The van der Waals surface area contributed by atoms with Gasteiger partial charge in [-0.2, -0.15) is 0 Å². The van der Waals surface area contributed by atoms with Crippen LogP contribution in [0.5, 0.6) is 11.5 Å². The van der Waals surface area contributed by atoms with Crippen molar-refractivity contribution in [3.63, 3.8) is 0 Å². The number of ether oxygens (including phenoxy) is 1. The Morgan fingerprint density at radius 3 is 2.49 bits per heavy atom. The molecule has 21 heteroatoms. The van der Waals surface area contributed by atoms with Gasteiger partial charge in [0.05, 0.1) is 21.6 Å². The predicted octanol–water partition coefficient (Wildman–Crippen LogP) is 9.54. The van der Waals surface area contributed by atoms with Gasteiger partial charge in [0.25, 0.3) is 27.5 Å². The largest absolute Gasteiger partial charge is 0.455 e. The second-order valence-electron chi connectivity index (χ2n) is 23.3. The van der Waals surface area contributed by atoms with E-state index in [2.05, 4.69) is 77.8 Å². The number of unbranched alkanes of at least 4 members (excludes halogenated alkanes) is 1. The zero-order chi connectivity index (χ0) is 58.7. The number of nitrogens with one attached hydrogen (secondary N) is 4. The average molecular weight is 1180 g/mol. The third kappa shape index (κ3) is 13.3. The van der Waals surface area contributed by atoms with Crippen LogP contribution in [0.15, 0.2) is 114 Å². The number of carbonyl (C=O) groups excluding carboxylic acids is 4. The van der Waals surface area contributed by atoms with E-state index in [4.69, 9.17) is 16.3 Å². The maximum absolute atomic E-state index is 14.1. The van der Waals surface area contributed by atoms with Crippen molar-refractivity contribution in [1.82, 2.24) is 34.7 Å². The van der Waals surface area contributed by atoms with Gasteiger partial charge >= 0.3 is 0 Å². The van der Waals surface area contributed by atoms with E-state index in [1.165, 1.54) is 46.0 Å². The van der Waals surface area contributed by atoms with Gasteiger partial charge < -0.3 is 29.7 Å². The number of rotatable bonds is 17. The maximum atomic E-state index is 14.1. The molecule has 0 spiro atoms. The van der Waals surface area contributed by atoms with Gasteiger partial charge in [-0.3, -0.25) is 39.5 Å². The van der Waals surface area contributed by atoms with Gasteiger partial charge in [-0.15, -0.1) is 0 Å². The van der Waals surface area contributed by atoms with E-state index < -0.39 is 43.4 Å². The number of carbonyl (C=O) groups is 4. The molecular weight excluding hydrogens is 1110 g/mol. The first-order valence-corrected chi connectivity index (χ1v) is 30.6. The Labute approximate surface area is 493 Å². The Kier molecular flexibility index (Phi) is 16.9. The van der Waals surface area contributed by atoms with Crippen LogP contribution < -0.4 is 25.0 Å². The minimum Gasteiger partial charge on any atom is -0.455 e. The molecule has 3 saturated heterocycles. The van der Waals surface area contributed by atoms with Gasteiger partial charge in [-0.25, -0.2) is 18.1 Å². The Balaban J connectivity index is 0.686. The number of aromatic amines is 1. The van der Waals surface area contributed by atoms with Crippen molar-refractivity contribution < 1.29 is 37.3 Å². The Bertz CT molecular complexity index is 3760. The van der Waals surface area contributed by atoms with Crippen LogP contribution in [-0.2, 0) is 26.2 Å². The highest BCUT2D eigenvalue weighted by atomic mass is 35.5. The van der Waals surface area contributed by atoms with Crippen molar-refractivity contribution in [2.45, 2.75) is 89.1 Å². The highest BCUT2D eigenvalue weighted by molar-refractivity contribution is 7.90. The van der Waals surface area contributed by atoms with Crippen LogP contribution in [0.4, 0.5) is 17.1 Å². The molecule has 11 rings (SSSR count). The number of sulfonamides is 1. The van der Waals surface area contributed by atoms with E-state index in [1.54, 1.807) is 30.5 Å². The molecule has 5 aliphatic rings. The summed E-state index contributed by atoms with van der Waals surface area (Å²) in [5.74, 6) is 5.10. The summed E-state index contributed by atoms with van der Waals surface area (Å²) in [6, 6.07) is 25.3. The van der Waals surface area contributed by atoms with Gasteiger partial charge in [0, 0.05) is 104 Å². The highest BCUT2D eigenvalue weighted by Gasteiger charge is 2.39. The molecule has 6 aromatic rings. The number of amides is 4. The molecule has 436 valence electrons. The number of allylic oxidation sites excluding steroid dienone is 1. The number of aromatic nitrogens is 2. The number of nitro benzene ring substituents is 1. The number of hydrogen-bond donors (Lipinski definition) is 4. The van der Waals surface area contributed by atoms with Crippen molar-refractivity contribution in [2.75, 3.05) is 69.1 Å². The summed E-state index contributed by atoms with van der Waals surface area (Å²) in [6.45, 7) is 11.8. The minimum atomic E-state index is -4.63. The summed E-state index contributed by atoms with van der Waals surface area (Å²) in [6.07, 6.45) is 10.2. The lowest BCUT2D eigenvalue weighted by Gasteiger charge is -2.39. The number of pyridine rings is 1. The van der Waals surface area contributed by atoms with Crippen LogP contribution in [0.2, 0.25) is 5.02 Å². The smallest absolute Gasteiger partial charge is 0.293 e. The average Bonchev–Trinajstić information content (AvgIpc) is 4.14. The lowest BCUT2D eigenvalue weighted by molar-refractivity contribution is -0.384. The lowest BCUT2D eigenvalue weighted by Crippen LogP contribution is -2.52. The number of H-pyrrole nitrogens is 1. The summed E-state index contributed by atoms with van der Waals surface area (Å²) in [5.41, 5.74) is 7.48. The quantitative estimate of drug-likeness (QED) is 0.0219. The summed E-state index contributed by atoms with van der Waals surface area (Å²) in [7, 11) is -4.63. The predicted molar refractivity (Wildman–Crippen MR) is 321 cm³/mol. The number of halogens is 1. The van der Waals surface area contributed by atoms with Crippen LogP contribution >= 0.6 is 11.6 Å². The summed E-state index contributed by atoms with van der Waals surface area (Å²) < 4.78 is 36.4. The maximum Gasteiger partial charge on any atom is 0.293 e. The van der Waals surface area contributed by atoms with E-state index in [9.17, 15) is 37.7 Å². The number of hydrogen-bond acceptors (Lipinski definition) is 14. The van der Waals surface area contributed by atoms with E-state index in [0.29, 0.717) is 56.0 Å². The normalized spacial score (nSPS) is 18.8. The molecule has 4 aliphatic heterocycles. The SMILES string of the molecule is CC1(C)CCC(CN2CCN(c3ccc(C(=O)NS(=O)(=O)c4ccc(NCC5CCN(CCCC#Cc6ccc7c(c6)C(=O)N(C6CCC(=O)NC6=O)C7)CC5)c([N+](=O)[O-])c4)c(Oc4cnc5[nH]ccc5c4)c3)CC2)=C(c2ccc(Cl)cc2)C1. The van der Waals surface area contributed by atoms with Crippen molar-refractivity contribution in [1.29, 1.82) is 0 Å². The Hall–Kier alpha value is -8.09. The molecule has 1 unspecified atom stereocenters. The number of nitrogens with zero attached hydrogens (tertiary/aromatic N) is 6. The monoisotopic (exact) mass is 1170 g/mol. The van der Waals surface area contributed by atoms with Crippen molar-refractivity contribution in [3.8, 4) is 23.3 Å². The molecule has 0 saturated carbocycles. The fraction of sp³-hybridized carbons (Fsp3) is 0.381. The molecule has 3 fully saturated rings. The number of nitro groups is 1. The van der Waals surface area contributed by atoms with Gasteiger partial charge in [0.1, 0.15) is 28.9 Å². The van der Waals surface area contributed by atoms with Gasteiger partial charge in [0.15, 0.2) is 0 Å². The van der Waals surface area contributed by atoms with Crippen molar-refractivity contribution in [3.05, 3.63) is 152 Å². The number of benzene rings is 4. The molecule has 4 aromatic carbocycles. The van der Waals surface area contributed by atoms with Crippen LogP contribution in [-0.4, -0.2) is 127 Å². The second kappa shape index (κ2) is 24.6. The van der Waals surface area contributed by atoms with E-state index in [1.807, 2.05) is 30.3 Å². The zero-order valence-electron chi connectivity index (χ0n) is 47.0. The molecule has 2 aromatic heterocycles. The Morgan fingerprint density at radius 2 is 1.71 bits per heavy atom. The standard InChI is InChI=1S/C63H67ClN10O9S/c1-63(2)23-19-46(53(36-63)43-9-11-47(64)12-10-43)39-71-28-30-72(31-29-71)48-13-15-51(57(34-48)83-49-33-44-20-24-65-59(44)67-38-49)60(76)69-84(81,82)50-14-16-54(56(35-50)74(79)80)66-37-42-21-26-70(27-22-42)25-5-3-4-6-41-7-8-45-40-73(62(78)52(45)32-41)55-17-18-58(75)68-61(55)77/h7-16,20,24,32-35,38,42,55,66H,3,5,17-19,21-23,25-31,36-37,39-40H2,1-2H3,(H,65,67)(H,69,76)(H,68,75,77). The first-order valence-electron chi connectivity index (χ1n) is 28.7. The molecule has 4 N–H and O–H groups in total. The Morgan fingerprint density at radius 1 is 0.917 bits per heavy atom. The third-order valence-electron chi connectivity index (χ3n) is 16.9. The first kappa shape index (κ1) is 57.7. The molecule has 19 nitrogen and oxygen atoms in total. The van der Waals surface area contributed by atoms with Crippen molar-refractivity contribution in [2.24, 2.45) is 11.3 Å². The van der Waals surface area contributed by atoms with E-state index in [0.717, 1.165) is 111 Å². The van der Waals surface area contributed by atoms with Gasteiger partial charge in [-0.05, 0) is 153 Å². The fourth-order valence-corrected chi connectivity index (χ4v) is 13.2. The number of imide groups is 1. The summed E-state index contributed by atoms with van der Waals surface area (Å²) in [5, 5.41) is 19.5. The number of likely N-dealkylation sites (tertiary alicyclic amines) is 1. The van der Waals surface area contributed by atoms with Gasteiger partial charge in [0.2, 0.25) is 11.8 Å². The van der Waals surface area contributed by atoms with Crippen LogP contribution in [0, 0.1) is 33.3 Å². The third-order valence-corrected chi connectivity index (χ3v) is 18.5. The molecular formula is C63H67ClN10O9S. The molecule has 1 aliphatic carbocycles. The van der Waals surface area contributed by atoms with E-state index in [-0.39, 0.29) is 46.6 Å². The van der Waals surface area contributed by atoms with E-state index >= 15 is 0 Å². The summed E-state index contributed by atoms with van der Waals surface area (Å²) in [4.78, 5) is 78.9. The topological polar surface area (TPSA) is 233 Å². The molecule has 84 heavy (non-hydrogen) atoms.